The summed E-state index contributed by atoms with van der Waals surface area (Å²) in [6.45, 7) is 1.91. The summed E-state index contributed by atoms with van der Waals surface area (Å²) in [5, 5.41) is 2.75. The van der Waals surface area contributed by atoms with Crippen molar-refractivity contribution in [3.8, 4) is 0 Å². The van der Waals surface area contributed by atoms with E-state index in [0.717, 1.165) is 10.0 Å². The van der Waals surface area contributed by atoms with Gasteiger partial charge in [-0.3, -0.25) is 4.79 Å². The molecule has 76 valence electrons. The van der Waals surface area contributed by atoms with E-state index in [1.807, 2.05) is 19.2 Å². The first-order valence-corrected chi connectivity index (χ1v) is 6.23. The zero-order valence-corrected chi connectivity index (χ0v) is 10.4. The molecule has 0 aliphatic rings. The molecule has 0 spiro atoms. The summed E-state index contributed by atoms with van der Waals surface area (Å²) in [5.41, 5.74) is 0.953. The summed E-state index contributed by atoms with van der Waals surface area (Å²) >= 11 is 4.80. The van der Waals surface area contributed by atoms with Crippen molar-refractivity contribution >= 4 is 39.4 Å². The van der Waals surface area contributed by atoms with Crippen molar-refractivity contribution in [3.05, 3.63) is 22.3 Å². The van der Waals surface area contributed by atoms with E-state index in [-0.39, 0.29) is 5.91 Å². The number of nitrogens with zero attached hydrogens (tertiary/aromatic N) is 1. The zero-order chi connectivity index (χ0) is 10.6. The molecule has 1 heterocycles. The lowest BCUT2D eigenvalue weighted by Crippen LogP contribution is -2.15. The van der Waals surface area contributed by atoms with Crippen LogP contribution < -0.4 is 5.32 Å². The Labute approximate surface area is 95.8 Å². The molecule has 0 fully saturated rings. The second kappa shape index (κ2) is 5.36. The Kier molecular flexibility index (Phi) is 4.41. The van der Waals surface area contributed by atoms with Crippen LogP contribution in [0.15, 0.2) is 16.7 Å². The van der Waals surface area contributed by atoms with Crippen LogP contribution in [0.3, 0.4) is 0 Å². The quantitative estimate of drug-likeness (QED) is 0.921. The van der Waals surface area contributed by atoms with Gasteiger partial charge in [-0.2, -0.15) is 11.8 Å². The van der Waals surface area contributed by atoms with Gasteiger partial charge in [0.15, 0.2) is 0 Å². The van der Waals surface area contributed by atoms with Crippen LogP contribution in [0.4, 0.5) is 5.82 Å². The number of aryl methyl sites for hydroxylation is 1. The Morgan fingerprint density at radius 1 is 1.71 bits per heavy atom. The number of anilines is 1. The van der Waals surface area contributed by atoms with Crippen LogP contribution in [-0.2, 0) is 4.79 Å². The SMILES string of the molecule is CSCC(=O)Nc1ncc(Br)cc1C. The lowest BCUT2D eigenvalue weighted by atomic mass is 10.3. The van der Waals surface area contributed by atoms with Gasteiger partial charge in [0.25, 0.3) is 0 Å². The van der Waals surface area contributed by atoms with Crippen molar-refractivity contribution in [2.75, 3.05) is 17.3 Å². The van der Waals surface area contributed by atoms with Crippen molar-refractivity contribution in [1.29, 1.82) is 0 Å². The van der Waals surface area contributed by atoms with Gasteiger partial charge in [-0.25, -0.2) is 4.98 Å². The van der Waals surface area contributed by atoms with Crippen LogP contribution in [-0.4, -0.2) is 22.9 Å². The minimum Gasteiger partial charge on any atom is -0.310 e. The number of rotatable bonds is 3. The van der Waals surface area contributed by atoms with Gasteiger partial charge < -0.3 is 5.32 Å². The smallest absolute Gasteiger partial charge is 0.235 e. The van der Waals surface area contributed by atoms with E-state index in [4.69, 9.17) is 0 Å². The van der Waals surface area contributed by atoms with Crippen LogP contribution in [0.25, 0.3) is 0 Å². The molecular formula is C9H11BrN2OS. The molecule has 1 amide bonds. The van der Waals surface area contributed by atoms with Crippen LogP contribution in [0.2, 0.25) is 0 Å². The largest absolute Gasteiger partial charge is 0.310 e. The Morgan fingerprint density at radius 2 is 2.43 bits per heavy atom. The van der Waals surface area contributed by atoms with Crippen LogP contribution in [0.5, 0.6) is 0 Å². The Hall–Kier alpha value is -0.550. The summed E-state index contributed by atoms with van der Waals surface area (Å²) in [5.74, 6) is 1.07. The predicted octanol–water partition coefficient (Wildman–Crippen LogP) is 2.45. The van der Waals surface area contributed by atoms with Gasteiger partial charge in [-0.15, -0.1) is 0 Å². The average molecular weight is 275 g/mol. The summed E-state index contributed by atoms with van der Waals surface area (Å²) in [4.78, 5) is 15.4. The summed E-state index contributed by atoms with van der Waals surface area (Å²) < 4.78 is 0.915. The van der Waals surface area contributed by atoms with E-state index < -0.39 is 0 Å². The molecule has 0 aliphatic heterocycles. The normalized spacial score (nSPS) is 9.93. The van der Waals surface area contributed by atoms with Gasteiger partial charge in [-0.1, -0.05) is 0 Å². The van der Waals surface area contributed by atoms with Gasteiger partial charge in [0.2, 0.25) is 5.91 Å². The number of carbonyl (C=O) groups is 1. The lowest BCUT2D eigenvalue weighted by Gasteiger charge is -2.06. The van der Waals surface area contributed by atoms with Crippen LogP contribution >= 0.6 is 27.7 Å². The molecule has 14 heavy (non-hydrogen) atoms. The number of thioether (sulfide) groups is 1. The first-order valence-electron chi connectivity index (χ1n) is 4.04. The van der Waals surface area contributed by atoms with Gasteiger partial charge in [0.1, 0.15) is 5.82 Å². The van der Waals surface area contributed by atoms with Crippen molar-refractivity contribution in [3.63, 3.8) is 0 Å². The van der Waals surface area contributed by atoms with E-state index in [9.17, 15) is 4.79 Å². The first kappa shape index (κ1) is 11.5. The van der Waals surface area contributed by atoms with E-state index in [1.54, 1.807) is 6.20 Å². The molecule has 0 aromatic carbocycles. The molecule has 0 unspecified atom stereocenters. The molecule has 0 atom stereocenters. The molecule has 1 N–H and O–H groups in total. The number of aromatic nitrogens is 1. The third-order valence-corrected chi connectivity index (χ3v) is 2.56. The van der Waals surface area contributed by atoms with Crippen molar-refractivity contribution in [2.45, 2.75) is 6.92 Å². The first-order chi connectivity index (χ1) is 6.63. The Balaban J connectivity index is 2.72. The number of hydrogen-bond donors (Lipinski definition) is 1. The molecule has 1 aromatic heterocycles. The van der Waals surface area contributed by atoms with Gasteiger partial charge >= 0.3 is 0 Å². The van der Waals surface area contributed by atoms with Crippen molar-refractivity contribution in [2.24, 2.45) is 0 Å². The van der Waals surface area contributed by atoms with Crippen LogP contribution in [0, 0.1) is 6.92 Å². The van der Waals surface area contributed by atoms with Crippen molar-refractivity contribution in [1.82, 2.24) is 4.98 Å². The maximum absolute atomic E-state index is 11.3. The van der Waals surface area contributed by atoms with Crippen LogP contribution in [0.1, 0.15) is 5.56 Å². The molecule has 0 radical (unpaired) electrons. The lowest BCUT2D eigenvalue weighted by molar-refractivity contribution is -0.113. The highest BCUT2D eigenvalue weighted by atomic mass is 79.9. The highest BCUT2D eigenvalue weighted by Gasteiger charge is 2.04. The molecule has 0 bridgehead atoms. The number of nitrogens with one attached hydrogen (secondary N) is 1. The number of halogens is 1. The molecule has 1 aromatic rings. The van der Waals surface area contributed by atoms with Crippen molar-refractivity contribution < 1.29 is 4.79 Å². The monoisotopic (exact) mass is 274 g/mol. The van der Waals surface area contributed by atoms with Gasteiger partial charge in [0.05, 0.1) is 5.75 Å². The minimum atomic E-state index is -0.0181. The molecular weight excluding hydrogens is 264 g/mol. The molecule has 0 saturated carbocycles. The zero-order valence-electron chi connectivity index (χ0n) is 8.00. The molecule has 5 heteroatoms. The maximum atomic E-state index is 11.3. The summed E-state index contributed by atoms with van der Waals surface area (Å²) in [6, 6.07) is 1.92. The van der Waals surface area contributed by atoms with E-state index >= 15 is 0 Å². The third-order valence-electron chi connectivity index (χ3n) is 1.58. The Bertz CT molecular complexity index is 344. The maximum Gasteiger partial charge on any atom is 0.235 e. The number of pyridine rings is 1. The van der Waals surface area contributed by atoms with E-state index in [1.165, 1.54) is 11.8 Å². The highest BCUT2D eigenvalue weighted by Crippen LogP contribution is 2.16. The Morgan fingerprint density at radius 3 is 3.00 bits per heavy atom. The second-order valence-corrected chi connectivity index (χ2v) is 4.58. The highest BCUT2D eigenvalue weighted by molar-refractivity contribution is 9.10. The third kappa shape index (κ3) is 3.31. The number of carbonyl (C=O) groups excluding carboxylic acids is 1. The summed E-state index contributed by atoms with van der Waals surface area (Å²) in [6.07, 6.45) is 3.56. The van der Waals surface area contributed by atoms with E-state index in [2.05, 4.69) is 26.2 Å². The topological polar surface area (TPSA) is 42.0 Å². The fourth-order valence-electron chi connectivity index (χ4n) is 0.971. The average Bonchev–Trinajstić information content (AvgIpc) is 2.10. The fourth-order valence-corrected chi connectivity index (χ4v) is 1.75. The predicted molar refractivity (Wildman–Crippen MR) is 63.7 cm³/mol. The number of hydrogen-bond acceptors (Lipinski definition) is 3. The van der Waals surface area contributed by atoms with E-state index in [0.29, 0.717) is 11.6 Å². The van der Waals surface area contributed by atoms with Gasteiger partial charge in [0, 0.05) is 10.7 Å². The number of amides is 1. The standard InChI is InChI=1S/C9H11BrN2OS/c1-6-3-7(10)4-11-9(6)12-8(13)5-14-2/h3-4H,5H2,1-2H3,(H,11,12,13). The van der Waals surface area contributed by atoms with Gasteiger partial charge in [-0.05, 0) is 40.7 Å². The second-order valence-electron chi connectivity index (χ2n) is 2.80. The summed E-state index contributed by atoms with van der Waals surface area (Å²) in [7, 11) is 0. The minimum absolute atomic E-state index is 0.0181. The molecule has 3 nitrogen and oxygen atoms in total. The fraction of sp³-hybridized carbons (Fsp3) is 0.333. The molecule has 1 rings (SSSR count). The molecule has 0 aliphatic carbocycles. The molecule has 0 saturated heterocycles.